The first-order valence-electron chi connectivity index (χ1n) is 8.49. The zero-order chi connectivity index (χ0) is 17.0. The van der Waals surface area contributed by atoms with Crippen molar-refractivity contribution in [2.45, 2.75) is 65.1 Å². The van der Waals surface area contributed by atoms with Gasteiger partial charge in [-0.25, -0.2) is 9.97 Å². The van der Waals surface area contributed by atoms with Crippen LogP contribution in [0.15, 0.2) is 11.2 Å². The molecule has 0 N–H and O–H groups in total. The van der Waals surface area contributed by atoms with Crippen molar-refractivity contribution in [1.82, 2.24) is 9.97 Å². The highest BCUT2D eigenvalue weighted by molar-refractivity contribution is 7.99. The van der Waals surface area contributed by atoms with Gasteiger partial charge in [-0.1, -0.05) is 39.0 Å². The molecule has 1 aromatic heterocycles. The van der Waals surface area contributed by atoms with Gasteiger partial charge in [-0.3, -0.25) is 4.79 Å². The SMILES string of the molecule is Cc1cc(C)nc(SCC(=O)O[C@@H]2C[C@H](C)CC[C@H]2C(C)C)n1. The summed E-state index contributed by atoms with van der Waals surface area (Å²) in [6.07, 6.45) is 3.44. The van der Waals surface area contributed by atoms with E-state index in [1.54, 1.807) is 0 Å². The summed E-state index contributed by atoms with van der Waals surface area (Å²) in [5.74, 6) is 1.80. The van der Waals surface area contributed by atoms with Gasteiger partial charge in [-0.05, 0) is 50.5 Å². The highest BCUT2D eigenvalue weighted by Gasteiger charge is 2.33. The normalized spacial score (nSPS) is 24.7. The Morgan fingerprint density at radius 1 is 1.30 bits per heavy atom. The summed E-state index contributed by atoms with van der Waals surface area (Å²) in [6.45, 7) is 10.6. The lowest BCUT2D eigenvalue weighted by Crippen LogP contribution is -2.36. The molecular weight excluding hydrogens is 308 g/mol. The number of hydrogen-bond acceptors (Lipinski definition) is 5. The molecule has 0 aliphatic heterocycles. The molecule has 2 rings (SSSR count). The third-order valence-corrected chi connectivity index (χ3v) is 5.35. The Morgan fingerprint density at radius 3 is 2.57 bits per heavy atom. The molecule has 128 valence electrons. The van der Waals surface area contributed by atoms with E-state index in [0.29, 0.717) is 22.9 Å². The topological polar surface area (TPSA) is 52.1 Å². The molecule has 0 saturated heterocycles. The predicted molar refractivity (Wildman–Crippen MR) is 93.5 cm³/mol. The minimum absolute atomic E-state index is 0.0620. The summed E-state index contributed by atoms with van der Waals surface area (Å²) >= 11 is 1.36. The van der Waals surface area contributed by atoms with E-state index in [9.17, 15) is 4.79 Å². The minimum atomic E-state index is -0.150. The second-order valence-electron chi connectivity index (χ2n) is 7.08. The molecule has 1 aliphatic carbocycles. The van der Waals surface area contributed by atoms with Crippen LogP contribution in [0.4, 0.5) is 0 Å². The van der Waals surface area contributed by atoms with Gasteiger partial charge in [-0.2, -0.15) is 0 Å². The van der Waals surface area contributed by atoms with Crippen LogP contribution >= 0.6 is 11.8 Å². The summed E-state index contributed by atoms with van der Waals surface area (Å²) in [5, 5.41) is 0.650. The Kier molecular flexibility index (Phi) is 6.45. The molecule has 1 aliphatic rings. The highest BCUT2D eigenvalue weighted by Crippen LogP contribution is 2.35. The lowest BCUT2D eigenvalue weighted by Gasteiger charge is -2.36. The first-order chi connectivity index (χ1) is 10.8. The van der Waals surface area contributed by atoms with Crippen molar-refractivity contribution >= 4 is 17.7 Å². The van der Waals surface area contributed by atoms with E-state index in [-0.39, 0.29) is 17.8 Å². The molecule has 0 unspecified atom stereocenters. The standard InChI is InChI=1S/C18H28N2O2S/c1-11(2)15-7-6-12(3)8-16(15)22-17(21)10-23-18-19-13(4)9-14(5)20-18/h9,11-12,15-16H,6-8,10H2,1-5H3/t12-,15+,16-/m1/s1. The molecule has 23 heavy (non-hydrogen) atoms. The second-order valence-corrected chi connectivity index (χ2v) is 8.02. The van der Waals surface area contributed by atoms with Crippen LogP contribution in [0, 0.1) is 31.6 Å². The summed E-state index contributed by atoms with van der Waals surface area (Å²) in [7, 11) is 0. The lowest BCUT2D eigenvalue weighted by atomic mass is 9.75. The molecule has 0 aromatic carbocycles. The number of carbonyl (C=O) groups is 1. The average molecular weight is 337 g/mol. The van der Waals surface area contributed by atoms with E-state index in [4.69, 9.17) is 4.74 Å². The van der Waals surface area contributed by atoms with E-state index in [1.165, 1.54) is 18.2 Å². The van der Waals surface area contributed by atoms with Crippen LogP contribution in [0.1, 0.15) is 51.4 Å². The lowest BCUT2D eigenvalue weighted by molar-refractivity contribution is -0.152. The summed E-state index contributed by atoms with van der Waals surface area (Å²) in [5.41, 5.74) is 1.85. The van der Waals surface area contributed by atoms with Crippen LogP contribution in [-0.4, -0.2) is 27.8 Å². The molecule has 4 nitrogen and oxygen atoms in total. The number of hydrogen-bond donors (Lipinski definition) is 0. The molecule has 1 heterocycles. The van der Waals surface area contributed by atoms with Crippen molar-refractivity contribution in [3.8, 4) is 0 Å². The summed E-state index contributed by atoms with van der Waals surface area (Å²) in [4.78, 5) is 20.9. The Morgan fingerprint density at radius 2 is 1.96 bits per heavy atom. The number of aromatic nitrogens is 2. The number of ether oxygens (including phenoxy) is 1. The predicted octanol–water partition coefficient (Wildman–Crippen LogP) is 4.19. The maximum Gasteiger partial charge on any atom is 0.316 e. The maximum absolute atomic E-state index is 12.2. The fourth-order valence-corrected chi connectivity index (χ4v) is 4.07. The van der Waals surface area contributed by atoms with Crippen molar-refractivity contribution in [1.29, 1.82) is 0 Å². The van der Waals surface area contributed by atoms with Gasteiger partial charge in [0.15, 0.2) is 5.16 Å². The van der Waals surface area contributed by atoms with Gasteiger partial charge in [0.2, 0.25) is 0 Å². The van der Waals surface area contributed by atoms with Gasteiger partial charge in [0.05, 0.1) is 5.75 Å². The Balaban J connectivity index is 1.90. The Hall–Kier alpha value is -1.10. The van der Waals surface area contributed by atoms with E-state index >= 15 is 0 Å². The molecule has 1 saturated carbocycles. The molecule has 0 amide bonds. The third kappa shape index (κ3) is 5.48. The van der Waals surface area contributed by atoms with Crippen molar-refractivity contribution < 1.29 is 9.53 Å². The molecule has 0 radical (unpaired) electrons. The van der Waals surface area contributed by atoms with E-state index in [1.807, 2.05) is 19.9 Å². The third-order valence-electron chi connectivity index (χ3n) is 4.53. The molecule has 5 heteroatoms. The molecule has 0 bridgehead atoms. The van der Waals surface area contributed by atoms with Gasteiger partial charge >= 0.3 is 5.97 Å². The van der Waals surface area contributed by atoms with Crippen LogP contribution in [0.3, 0.4) is 0 Å². The molecule has 3 atom stereocenters. The number of carbonyl (C=O) groups excluding carboxylic acids is 1. The largest absolute Gasteiger partial charge is 0.461 e. The first kappa shape index (κ1) is 18.2. The Bertz CT molecular complexity index is 528. The number of thioether (sulfide) groups is 1. The number of rotatable bonds is 5. The van der Waals surface area contributed by atoms with Crippen molar-refractivity contribution in [3.63, 3.8) is 0 Å². The molecule has 0 spiro atoms. The van der Waals surface area contributed by atoms with Crippen molar-refractivity contribution in [3.05, 3.63) is 17.5 Å². The van der Waals surface area contributed by atoms with Crippen LogP contribution in [-0.2, 0) is 9.53 Å². The van der Waals surface area contributed by atoms with E-state index in [2.05, 4.69) is 30.7 Å². The minimum Gasteiger partial charge on any atom is -0.461 e. The number of nitrogens with zero attached hydrogens (tertiary/aromatic N) is 2. The van der Waals surface area contributed by atoms with Crippen LogP contribution in [0.25, 0.3) is 0 Å². The monoisotopic (exact) mass is 336 g/mol. The quantitative estimate of drug-likeness (QED) is 0.458. The van der Waals surface area contributed by atoms with Crippen LogP contribution in [0.5, 0.6) is 0 Å². The summed E-state index contributed by atoms with van der Waals surface area (Å²) in [6, 6.07) is 1.93. The maximum atomic E-state index is 12.2. The smallest absolute Gasteiger partial charge is 0.316 e. The van der Waals surface area contributed by atoms with Crippen LogP contribution < -0.4 is 0 Å². The van der Waals surface area contributed by atoms with Gasteiger partial charge in [0.1, 0.15) is 6.10 Å². The molecule has 1 aromatic rings. The number of esters is 1. The van der Waals surface area contributed by atoms with E-state index < -0.39 is 0 Å². The summed E-state index contributed by atoms with van der Waals surface area (Å²) < 4.78 is 5.80. The second kappa shape index (κ2) is 8.13. The molecular formula is C18H28N2O2S. The highest BCUT2D eigenvalue weighted by atomic mass is 32.2. The van der Waals surface area contributed by atoms with Crippen molar-refractivity contribution in [2.24, 2.45) is 17.8 Å². The van der Waals surface area contributed by atoms with Gasteiger partial charge in [0.25, 0.3) is 0 Å². The van der Waals surface area contributed by atoms with Gasteiger partial charge < -0.3 is 4.74 Å². The van der Waals surface area contributed by atoms with Gasteiger partial charge in [0, 0.05) is 11.4 Å². The fraction of sp³-hybridized carbons (Fsp3) is 0.722. The average Bonchev–Trinajstić information content (AvgIpc) is 2.44. The Labute approximate surface area is 143 Å². The molecule has 1 fully saturated rings. The number of aryl methyl sites for hydroxylation is 2. The van der Waals surface area contributed by atoms with Crippen LogP contribution in [0.2, 0.25) is 0 Å². The van der Waals surface area contributed by atoms with Gasteiger partial charge in [-0.15, -0.1) is 0 Å². The fourth-order valence-electron chi connectivity index (χ4n) is 3.33. The van der Waals surface area contributed by atoms with E-state index in [0.717, 1.165) is 24.2 Å². The zero-order valence-electron chi connectivity index (χ0n) is 14.8. The van der Waals surface area contributed by atoms with Crippen molar-refractivity contribution in [2.75, 3.05) is 5.75 Å². The first-order valence-corrected chi connectivity index (χ1v) is 9.48. The zero-order valence-corrected chi connectivity index (χ0v) is 15.7.